The molecule has 6 heteroatoms. The van der Waals surface area contributed by atoms with Crippen molar-refractivity contribution in [3.8, 4) is 0 Å². The van der Waals surface area contributed by atoms with Crippen molar-refractivity contribution in [2.45, 2.75) is 5.92 Å². The van der Waals surface area contributed by atoms with E-state index in [4.69, 9.17) is 9.47 Å². The Hall–Kier alpha value is -1.50. The molecular weight excluding hydrogens is 299 g/mol. The molecule has 0 bridgehead atoms. The molecule has 5 nitrogen and oxygen atoms in total. The van der Waals surface area contributed by atoms with Gasteiger partial charge in [0.1, 0.15) is 12.4 Å². The highest BCUT2D eigenvalue weighted by atomic mass is 19.1. The Morgan fingerprint density at radius 1 is 1.35 bits per heavy atom. The summed E-state index contributed by atoms with van der Waals surface area (Å²) in [5.74, 6) is 0.176. The minimum atomic E-state index is -0.222. The van der Waals surface area contributed by atoms with Crippen LogP contribution >= 0.6 is 0 Å². The quantitative estimate of drug-likeness (QED) is 0.782. The van der Waals surface area contributed by atoms with Crippen molar-refractivity contribution in [2.24, 2.45) is 5.92 Å². The lowest BCUT2D eigenvalue weighted by molar-refractivity contribution is -0.136. The molecule has 1 aliphatic rings. The van der Waals surface area contributed by atoms with Crippen molar-refractivity contribution in [1.82, 2.24) is 10.2 Å². The van der Waals surface area contributed by atoms with Crippen LogP contribution in [-0.2, 0) is 14.3 Å². The lowest BCUT2D eigenvalue weighted by Crippen LogP contribution is -2.41. The second kappa shape index (κ2) is 8.96. The summed E-state index contributed by atoms with van der Waals surface area (Å²) >= 11 is 0. The average Bonchev–Trinajstić information content (AvgIpc) is 2.99. The molecule has 2 atom stereocenters. The minimum absolute atomic E-state index is 0.0468. The second-order valence-corrected chi connectivity index (χ2v) is 5.85. The van der Waals surface area contributed by atoms with Gasteiger partial charge in [-0.2, -0.15) is 0 Å². The molecule has 0 saturated carbocycles. The number of ether oxygens (including phenoxy) is 2. The van der Waals surface area contributed by atoms with Crippen LogP contribution in [0.2, 0.25) is 0 Å². The van der Waals surface area contributed by atoms with Gasteiger partial charge in [0.2, 0.25) is 5.91 Å². The van der Waals surface area contributed by atoms with Gasteiger partial charge in [0.05, 0.1) is 6.61 Å². The van der Waals surface area contributed by atoms with Crippen LogP contribution < -0.4 is 5.32 Å². The maximum absolute atomic E-state index is 13.5. The third-order valence-corrected chi connectivity index (χ3v) is 4.26. The van der Waals surface area contributed by atoms with Crippen LogP contribution in [0.25, 0.3) is 0 Å². The molecule has 0 aromatic heterocycles. The molecule has 2 unspecified atom stereocenters. The number of benzene rings is 1. The van der Waals surface area contributed by atoms with E-state index in [9.17, 15) is 9.18 Å². The van der Waals surface area contributed by atoms with Gasteiger partial charge in [-0.1, -0.05) is 12.1 Å². The molecule has 1 aromatic rings. The van der Waals surface area contributed by atoms with E-state index in [1.807, 2.05) is 6.07 Å². The van der Waals surface area contributed by atoms with Crippen molar-refractivity contribution in [1.29, 1.82) is 0 Å². The van der Waals surface area contributed by atoms with Crippen LogP contribution in [0.3, 0.4) is 0 Å². The van der Waals surface area contributed by atoms with E-state index in [1.165, 1.54) is 13.2 Å². The largest absolute Gasteiger partial charge is 0.383 e. The maximum Gasteiger partial charge on any atom is 0.248 e. The summed E-state index contributed by atoms with van der Waals surface area (Å²) in [6, 6.07) is 6.72. The highest BCUT2D eigenvalue weighted by Crippen LogP contribution is 2.29. The first-order chi connectivity index (χ1) is 11.2. The predicted octanol–water partition coefficient (Wildman–Crippen LogP) is 1.25. The number of amides is 1. The molecule has 0 radical (unpaired) electrons. The Kier molecular flexibility index (Phi) is 6.95. The van der Waals surface area contributed by atoms with E-state index < -0.39 is 0 Å². The van der Waals surface area contributed by atoms with Crippen LogP contribution in [0.1, 0.15) is 11.5 Å². The van der Waals surface area contributed by atoms with Crippen molar-refractivity contribution in [3.05, 3.63) is 35.6 Å². The summed E-state index contributed by atoms with van der Waals surface area (Å²) < 4.78 is 23.5. The Bertz CT molecular complexity index is 512. The standard InChI is InChI=1S/C17H25FN2O3/c1-22-7-6-20(17(21)12-23-2)11-14-9-19-10-16(14)13-4-3-5-15(18)8-13/h3-5,8,14,16,19H,6-7,9-12H2,1-2H3. The Morgan fingerprint density at radius 3 is 2.87 bits per heavy atom. The van der Waals surface area contributed by atoms with Crippen LogP contribution in [0.15, 0.2) is 24.3 Å². The molecule has 128 valence electrons. The molecule has 1 aromatic carbocycles. The van der Waals surface area contributed by atoms with Gasteiger partial charge in [0.25, 0.3) is 0 Å². The zero-order valence-corrected chi connectivity index (χ0v) is 13.8. The summed E-state index contributed by atoms with van der Waals surface area (Å²) in [5, 5.41) is 3.35. The Morgan fingerprint density at radius 2 is 2.17 bits per heavy atom. The second-order valence-electron chi connectivity index (χ2n) is 5.85. The van der Waals surface area contributed by atoms with Gasteiger partial charge in [0, 0.05) is 46.3 Å². The summed E-state index contributed by atoms with van der Waals surface area (Å²) in [5.41, 5.74) is 0.978. The first-order valence-electron chi connectivity index (χ1n) is 7.87. The smallest absolute Gasteiger partial charge is 0.248 e. The molecule has 1 N–H and O–H groups in total. The molecule has 1 amide bonds. The number of nitrogens with zero attached hydrogens (tertiary/aromatic N) is 1. The number of carbonyl (C=O) groups excluding carboxylic acids is 1. The van der Waals surface area contributed by atoms with Crippen molar-refractivity contribution in [2.75, 3.05) is 53.6 Å². The van der Waals surface area contributed by atoms with Crippen LogP contribution in [0.4, 0.5) is 4.39 Å². The van der Waals surface area contributed by atoms with Crippen LogP contribution in [-0.4, -0.2) is 64.4 Å². The van der Waals surface area contributed by atoms with E-state index in [0.29, 0.717) is 19.7 Å². The van der Waals surface area contributed by atoms with Crippen LogP contribution in [0.5, 0.6) is 0 Å². The molecular formula is C17H25FN2O3. The number of halogens is 1. The highest BCUT2D eigenvalue weighted by Gasteiger charge is 2.31. The summed E-state index contributed by atoms with van der Waals surface area (Å²) in [6.45, 7) is 3.30. The first kappa shape index (κ1) is 17.8. The van der Waals surface area contributed by atoms with Gasteiger partial charge in [-0.15, -0.1) is 0 Å². The SMILES string of the molecule is COCCN(CC1CNCC1c1cccc(F)c1)C(=O)COC. The highest BCUT2D eigenvalue weighted by molar-refractivity contribution is 5.77. The number of carbonyl (C=O) groups is 1. The fourth-order valence-electron chi connectivity index (χ4n) is 3.07. The van der Waals surface area contributed by atoms with Gasteiger partial charge in [-0.3, -0.25) is 4.79 Å². The predicted molar refractivity (Wildman–Crippen MR) is 85.8 cm³/mol. The number of hydrogen-bond donors (Lipinski definition) is 1. The molecule has 1 fully saturated rings. The summed E-state index contributed by atoms with van der Waals surface area (Å²) in [4.78, 5) is 14.0. The number of nitrogens with one attached hydrogen (secondary N) is 1. The van der Waals surface area contributed by atoms with E-state index in [-0.39, 0.29) is 30.2 Å². The zero-order chi connectivity index (χ0) is 16.7. The third kappa shape index (κ3) is 4.99. The molecule has 23 heavy (non-hydrogen) atoms. The Labute approximate surface area is 136 Å². The third-order valence-electron chi connectivity index (χ3n) is 4.26. The monoisotopic (exact) mass is 324 g/mol. The molecule has 1 saturated heterocycles. The average molecular weight is 324 g/mol. The van der Waals surface area contributed by atoms with Gasteiger partial charge in [0.15, 0.2) is 0 Å². The first-order valence-corrected chi connectivity index (χ1v) is 7.87. The fraction of sp³-hybridized carbons (Fsp3) is 0.588. The minimum Gasteiger partial charge on any atom is -0.383 e. The molecule has 2 rings (SSSR count). The van der Waals surface area contributed by atoms with E-state index in [1.54, 1.807) is 24.1 Å². The zero-order valence-electron chi connectivity index (χ0n) is 13.8. The van der Waals surface area contributed by atoms with Gasteiger partial charge in [-0.25, -0.2) is 4.39 Å². The number of rotatable bonds is 8. The molecule has 0 aliphatic carbocycles. The van der Waals surface area contributed by atoms with E-state index in [2.05, 4.69) is 5.32 Å². The summed E-state index contributed by atoms with van der Waals surface area (Å²) in [6.07, 6.45) is 0. The maximum atomic E-state index is 13.5. The normalized spacial score (nSPS) is 20.7. The fourth-order valence-corrected chi connectivity index (χ4v) is 3.07. The lowest BCUT2D eigenvalue weighted by Gasteiger charge is -2.28. The van der Waals surface area contributed by atoms with E-state index in [0.717, 1.165) is 18.7 Å². The van der Waals surface area contributed by atoms with Gasteiger partial charge < -0.3 is 19.7 Å². The van der Waals surface area contributed by atoms with Crippen molar-refractivity contribution < 1.29 is 18.7 Å². The summed E-state index contributed by atoms with van der Waals surface area (Å²) in [7, 11) is 3.13. The molecule has 0 spiro atoms. The molecule has 1 aliphatic heterocycles. The van der Waals surface area contributed by atoms with Gasteiger partial charge in [-0.05, 0) is 23.6 Å². The Balaban J connectivity index is 2.06. The lowest BCUT2D eigenvalue weighted by atomic mass is 9.88. The molecule has 1 heterocycles. The van der Waals surface area contributed by atoms with Crippen molar-refractivity contribution in [3.63, 3.8) is 0 Å². The van der Waals surface area contributed by atoms with Crippen molar-refractivity contribution >= 4 is 5.91 Å². The van der Waals surface area contributed by atoms with Crippen LogP contribution in [0, 0.1) is 11.7 Å². The topological polar surface area (TPSA) is 50.8 Å². The number of methoxy groups -OCH3 is 2. The van der Waals surface area contributed by atoms with Gasteiger partial charge >= 0.3 is 0 Å². The number of hydrogen-bond acceptors (Lipinski definition) is 4. The van der Waals surface area contributed by atoms with E-state index >= 15 is 0 Å².